The van der Waals surface area contributed by atoms with Gasteiger partial charge in [0, 0.05) is 6.42 Å². The Labute approximate surface area is 133 Å². The van der Waals surface area contributed by atoms with Gasteiger partial charge in [-0.25, -0.2) is 4.79 Å². The number of carbonyl (C=O) groups is 2. The molecule has 3 N–H and O–H groups in total. The summed E-state index contributed by atoms with van der Waals surface area (Å²) >= 11 is 0. The van der Waals surface area contributed by atoms with E-state index in [0.29, 0.717) is 5.56 Å². The maximum absolute atomic E-state index is 11.3. The van der Waals surface area contributed by atoms with Gasteiger partial charge in [-0.1, -0.05) is 60.7 Å². The van der Waals surface area contributed by atoms with Gasteiger partial charge in [0.1, 0.15) is 6.04 Å². The number of hydrogen-bond donors (Lipinski definition) is 3. The Balaban J connectivity index is 2.04. The van der Waals surface area contributed by atoms with E-state index in [2.05, 4.69) is 5.48 Å². The summed E-state index contributed by atoms with van der Waals surface area (Å²) < 4.78 is 0. The molecule has 2 atom stereocenters. The highest BCUT2D eigenvalue weighted by Crippen LogP contribution is 2.16. The number of aliphatic carboxylic acids is 2. The lowest BCUT2D eigenvalue weighted by Gasteiger charge is -2.19. The van der Waals surface area contributed by atoms with Crippen LogP contribution in [0.5, 0.6) is 0 Å². The third-order valence-electron chi connectivity index (χ3n) is 3.24. The maximum atomic E-state index is 11.3. The molecule has 1 unspecified atom stereocenters. The van der Waals surface area contributed by atoms with Crippen LogP contribution < -0.4 is 5.48 Å². The van der Waals surface area contributed by atoms with Crippen LogP contribution in [0.15, 0.2) is 60.7 Å². The second-order valence-electron chi connectivity index (χ2n) is 4.95. The fraction of sp³-hybridized carbons (Fsp3) is 0.176. The van der Waals surface area contributed by atoms with Gasteiger partial charge in [0.25, 0.3) is 0 Å². The Hall–Kier alpha value is -2.70. The van der Waals surface area contributed by atoms with Gasteiger partial charge in [-0.15, -0.1) is 0 Å². The predicted molar refractivity (Wildman–Crippen MR) is 82.6 cm³/mol. The van der Waals surface area contributed by atoms with Crippen LogP contribution in [0, 0.1) is 0 Å². The van der Waals surface area contributed by atoms with E-state index in [9.17, 15) is 19.8 Å². The summed E-state index contributed by atoms with van der Waals surface area (Å²) in [4.78, 5) is 27.8. The van der Waals surface area contributed by atoms with Crippen molar-refractivity contribution in [3.05, 3.63) is 71.8 Å². The first-order valence-electron chi connectivity index (χ1n) is 7.03. The normalized spacial score (nSPS) is 13.2. The minimum Gasteiger partial charge on any atom is -0.480 e. The lowest BCUT2D eigenvalue weighted by molar-refractivity contribution is -0.163. The molecular formula is C17H17NO5. The molecule has 0 spiro atoms. The number of hydroxylamine groups is 1. The Morgan fingerprint density at radius 1 is 0.913 bits per heavy atom. The molecule has 0 aliphatic carbocycles. The quantitative estimate of drug-likeness (QED) is 0.645. The summed E-state index contributed by atoms with van der Waals surface area (Å²) in [6, 6.07) is 16.3. The van der Waals surface area contributed by atoms with E-state index in [0.717, 1.165) is 5.56 Å². The molecule has 0 fully saturated rings. The molecule has 0 saturated carbocycles. The van der Waals surface area contributed by atoms with E-state index >= 15 is 0 Å². The molecule has 2 rings (SSSR count). The number of hydrogen-bond acceptors (Lipinski definition) is 4. The third-order valence-corrected chi connectivity index (χ3v) is 3.24. The van der Waals surface area contributed by atoms with Gasteiger partial charge in [0.05, 0.1) is 0 Å². The molecular weight excluding hydrogens is 298 g/mol. The molecule has 120 valence electrons. The molecule has 0 aliphatic heterocycles. The summed E-state index contributed by atoms with van der Waals surface area (Å²) in [6.07, 6.45) is -1.11. The van der Waals surface area contributed by atoms with Gasteiger partial charge < -0.3 is 10.2 Å². The molecule has 6 heteroatoms. The van der Waals surface area contributed by atoms with Crippen molar-refractivity contribution in [2.75, 3.05) is 0 Å². The number of carboxylic acids is 2. The molecule has 23 heavy (non-hydrogen) atoms. The summed E-state index contributed by atoms with van der Waals surface area (Å²) in [5.41, 5.74) is 3.60. The zero-order valence-electron chi connectivity index (χ0n) is 12.3. The van der Waals surface area contributed by atoms with Crippen molar-refractivity contribution in [3.63, 3.8) is 0 Å². The summed E-state index contributed by atoms with van der Waals surface area (Å²) in [5.74, 6) is -2.32. The van der Waals surface area contributed by atoms with Crippen LogP contribution in [-0.2, 0) is 20.8 Å². The highest BCUT2D eigenvalue weighted by atomic mass is 16.7. The number of benzene rings is 2. The van der Waals surface area contributed by atoms with Gasteiger partial charge >= 0.3 is 11.9 Å². The van der Waals surface area contributed by atoms with Crippen LogP contribution >= 0.6 is 0 Å². The van der Waals surface area contributed by atoms with Crippen LogP contribution in [-0.4, -0.2) is 28.2 Å². The van der Waals surface area contributed by atoms with Crippen LogP contribution in [0.3, 0.4) is 0 Å². The molecule has 0 aliphatic rings. The lowest BCUT2D eigenvalue weighted by Crippen LogP contribution is -2.40. The molecule has 2 aromatic carbocycles. The average Bonchev–Trinajstić information content (AvgIpc) is 2.55. The van der Waals surface area contributed by atoms with Gasteiger partial charge in [-0.05, 0) is 11.1 Å². The third kappa shape index (κ3) is 4.91. The largest absolute Gasteiger partial charge is 0.480 e. The minimum atomic E-state index is -1.28. The second kappa shape index (κ2) is 8.07. The van der Waals surface area contributed by atoms with Crippen molar-refractivity contribution >= 4 is 11.9 Å². The zero-order valence-corrected chi connectivity index (χ0v) is 12.3. The summed E-state index contributed by atoms with van der Waals surface area (Å²) in [6.45, 7) is 0. The lowest BCUT2D eigenvalue weighted by atomic mass is 10.1. The molecule has 0 bridgehead atoms. The highest BCUT2D eigenvalue weighted by molar-refractivity contribution is 5.75. The first-order chi connectivity index (χ1) is 11.1. The van der Waals surface area contributed by atoms with E-state index in [1.54, 1.807) is 54.6 Å². The highest BCUT2D eigenvalue weighted by Gasteiger charge is 2.25. The minimum absolute atomic E-state index is 0.178. The number of rotatable bonds is 8. The molecule has 0 saturated heterocycles. The second-order valence-corrected chi connectivity index (χ2v) is 4.95. The van der Waals surface area contributed by atoms with Gasteiger partial charge in [-0.2, -0.15) is 5.48 Å². The molecule has 0 radical (unpaired) electrons. The molecule has 0 amide bonds. The summed E-state index contributed by atoms with van der Waals surface area (Å²) in [5, 5.41) is 18.5. The van der Waals surface area contributed by atoms with Crippen molar-refractivity contribution in [2.24, 2.45) is 0 Å². The van der Waals surface area contributed by atoms with Crippen molar-refractivity contribution < 1.29 is 24.6 Å². The van der Waals surface area contributed by atoms with Crippen molar-refractivity contribution in [2.45, 2.75) is 18.6 Å². The predicted octanol–water partition coefficient (Wildman–Crippen LogP) is 2.03. The Bertz CT molecular complexity index is 645. The van der Waals surface area contributed by atoms with E-state index in [1.165, 1.54) is 0 Å². The van der Waals surface area contributed by atoms with Crippen LogP contribution in [0.1, 0.15) is 17.2 Å². The van der Waals surface area contributed by atoms with E-state index in [-0.39, 0.29) is 6.42 Å². The SMILES string of the molecule is O=C(O)C(ON[C@@H](Cc1ccccc1)C(=O)O)c1ccccc1. The standard InChI is InChI=1S/C17H17NO5/c19-16(20)14(11-12-7-3-1-4-8-12)18-23-15(17(21)22)13-9-5-2-6-10-13/h1-10,14-15,18H,11H2,(H,19,20)(H,21,22)/t14-,15?/m0/s1. The summed E-state index contributed by atoms with van der Waals surface area (Å²) in [7, 11) is 0. The van der Waals surface area contributed by atoms with E-state index in [1.807, 2.05) is 6.07 Å². The van der Waals surface area contributed by atoms with Crippen LogP contribution in [0.25, 0.3) is 0 Å². The smallest absolute Gasteiger partial charge is 0.339 e. The molecule has 2 aromatic rings. The van der Waals surface area contributed by atoms with E-state index in [4.69, 9.17) is 4.84 Å². The first kappa shape index (κ1) is 16.7. The first-order valence-corrected chi connectivity index (χ1v) is 7.03. The maximum Gasteiger partial charge on any atom is 0.339 e. The molecule has 6 nitrogen and oxygen atoms in total. The van der Waals surface area contributed by atoms with Crippen molar-refractivity contribution in [1.82, 2.24) is 5.48 Å². The number of nitrogens with one attached hydrogen (secondary N) is 1. The van der Waals surface area contributed by atoms with E-state index < -0.39 is 24.1 Å². The van der Waals surface area contributed by atoms with Gasteiger partial charge in [0.15, 0.2) is 0 Å². The number of carboxylic acid groups (broad SMARTS) is 2. The van der Waals surface area contributed by atoms with Gasteiger partial charge in [0.2, 0.25) is 6.10 Å². The topological polar surface area (TPSA) is 95.9 Å². The Morgan fingerprint density at radius 2 is 1.48 bits per heavy atom. The van der Waals surface area contributed by atoms with Crippen LogP contribution in [0.2, 0.25) is 0 Å². The average molecular weight is 315 g/mol. The molecule has 0 aromatic heterocycles. The fourth-order valence-electron chi connectivity index (χ4n) is 2.07. The van der Waals surface area contributed by atoms with Crippen LogP contribution in [0.4, 0.5) is 0 Å². The monoisotopic (exact) mass is 315 g/mol. The molecule has 0 heterocycles. The van der Waals surface area contributed by atoms with Crippen molar-refractivity contribution in [1.29, 1.82) is 0 Å². The van der Waals surface area contributed by atoms with Gasteiger partial charge in [-0.3, -0.25) is 9.63 Å². The Kier molecular flexibility index (Phi) is 5.85. The van der Waals surface area contributed by atoms with Crippen molar-refractivity contribution in [3.8, 4) is 0 Å². The zero-order chi connectivity index (χ0) is 16.7. The fourth-order valence-corrected chi connectivity index (χ4v) is 2.07. The Morgan fingerprint density at radius 3 is 2.00 bits per heavy atom.